The number of nitrogens with zero attached hydrogens (tertiary/aromatic N) is 3. The zero-order chi connectivity index (χ0) is 17.6. The highest BCUT2D eigenvalue weighted by molar-refractivity contribution is 5.93. The lowest BCUT2D eigenvalue weighted by Gasteiger charge is -2.16. The van der Waals surface area contributed by atoms with Crippen LogP contribution in [0.4, 0.5) is 0 Å². The summed E-state index contributed by atoms with van der Waals surface area (Å²) in [5.41, 5.74) is 0.935. The van der Waals surface area contributed by atoms with E-state index in [-0.39, 0.29) is 23.3 Å². The highest BCUT2D eigenvalue weighted by atomic mass is 16.2. The Morgan fingerprint density at radius 1 is 1.36 bits per heavy atom. The van der Waals surface area contributed by atoms with Crippen LogP contribution < -0.4 is 10.9 Å². The Morgan fingerprint density at radius 3 is 2.92 bits per heavy atom. The van der Waals surface area contributed by atoms with Crippen LogP contribution >= 0.6 is 0 Å². The molecule has 0 aromatic carbocycles. The topological polar surface area (TPSA) is 99.6 Å². The number of hydrogen-bond donors (Lipinski definition) is 2. The fourth-order valence-corrected chi connectivity index (χ4v) is 3.35. The fourth-order valence-electron chi connectivity index (χ4n) is 3.35. The minimum atomic E-state index is -0.429. The molecule has 1 saturated carbocycles. The van der Waals surface area contributed by atoms with Gasteiger partial charge in [0.05, 0.1) is 5.69 Å². The van der Waals surface area contributed by atoms with E-state index < -0.39 is 11.5 Å². The number of aryl methyl sites for hydroxylation is 1. The number of amides is 2. The second-order valence-electron chi connectivity index (χ2n) is 7.04. The zero-order valence-electron chi connectivity index (χ0n) is 14.1. The molecule has 0 unspecified atom stereocenters. The van der Waals surface area contributed by atoms with Crippen molar-refractivity contribution >= 4 is 17.5 Å². The van der Waals surface area contributed by atoms with Crippen molar-refractivity contribution in [1.82, 2.24) is 24.8 Å². The minimum absolute atomic E-state index is 0.0412. The molecule has 8 nitrogen and oxygen atoms in total. The van der Waals surface area contributed by atoms with Crippen molar-refractivity contribution in [2.24, 2.45) is 11.8 Å². The molecule has 132 valence electrons. The highest BCUT2D eigenvalue weighted by Gasteiger charge is 2.36. The average Bonchev–Trinajstić information content (AvgIpc) is 3.21. The number of carbonyl (C=O) groups is 2. The summed E-state index contributed by atoms with van der Waals surface area (Å²) in [5.74, 6) is 0.311. The molecule has 0 spiro atoms. The van der Waals surface area contributed by atoms with Gasteiger partial charge in [-0.2, -0.15) is 5.10 Å². The number of nitrogens with one attached hydrogen (secondary N) is 2. The van der Waals surface area contributed by atoms with Crippen molar-refractivity contribution in [3.05, 3.63) is 33.9 Å². The lowest BCUT2D eigenvalue weighted by Crippen LogP contribution is -2.35. The molecule has 8 heteroatoms. The molecule has 4 rings (SSSR count). The third-order valence-corrected chi connectivity index (χ3v) is 4.92. The maximum atomic E-state index is 12.4. The molecule has 3 heterocycles. The van der Waals surface area contributed by atoms with Gasteiger partial charge in [0.15, 0.2) is 0 Å². The summed E-state index contributed by atoms with van der Waals surface area (Å²) in [6, 6.07) is 1.74. The van der Waals surface area contributed by atoms with Crippen LogP contribution in [0, 0.1) is 18.8 Å². The highest BCUT2D eigenvalue weighted by Crippen LogP contribution is 2.32. The molecular weight excluding hydrogens is 322 g/mol. The normalized spacial score (nSPS) is 20.2. The van der Waals surface area contributed by atoms with Gasteiger partial charge in [-0.1, -0.05) is 0 Å². The van der Waals surface area contributed by atoms with Crippen molar-refractivity contribution in [2.45, 2.75) is 26.2 Å². The molecule has 1 aliphatic heterocycles. The van der Waals surface area contributed by atoms with Crippen LogP contribution in [0.5, 0.6) is 0 Å². The molecule has 2 fully saturated rings. The SMILES string of the molecule is Cc1cc2[nH]c(=O)c(C(=O)NC[C@H]3CCN(C(=O)C4CC4)C3)cn2n1. The average molecular weight is 343 g/mol. The van der Waals surface area contributed by atoms with E-state index in [2.05, 4.69) is 15.4 Å². The Morgan fingerprint density at radius 2 is 2.16 bits per heavy atom. The van der Waals surface area contributed by atoms with E-state index in [0.29, 0.717) is 18.7 Å². The quantitative estimate of drug-likeness (QED) is 0.835. The van der Waals surface area contributed by atoms with E-state index in [9.17, 15) is 14.4 Å². The molecule has 2 amide bonds. The van der Waals surface area contributed by atoms with E-state index in [4.69, 9.17) is 0 Å². The molecule has 1 saturated heterocycles. The molecule has 0 radical (unpaired) electrons. The molecule has 0 bridgehead atoms. The Labute approximate surface area is 144 Å². The molecule has 2 aromatic rings. The summed E-state index contributed by atoms with van der Waals surface area (Å²) in [4.78, 5) is 41.1. The lowest BCUT2D eigenvalue weighted by atomic mass is 10.1. The first-order valence-corrected chi connectivity index (χ1v) is 8.67. The Kier molecular flexibility index (Phi) is 3.82. The van der Waals surface area contributed by atoms with Crippen LogP contribution in [0.25, 0.3) is 5.65 Å². The Balaban J connectivity index is 1.38. The second kappa shape index (κ2) is 6.02. The second-order valence-corrected chi connectivity index (χ2v) is 7.04. The predicted octanol–water partition coefficient (Wildman–Crippen LogP) is 0.319. The van der Waals surface area contributed by atoms with E-state index in [1.165, 1.54) is 10.7 Å². The molecule has 2 N–H and O–H groups in total. The van der Waals surface area contributed by atoms with Gasteiger partial charge < -0.3 is 15.2 Å². The first-order valence-electron chi connectivity index (χ1n) is 8.67. The molecule has 2 aromatic heterocycles. The molecule has 25 heavy (non-hydrogen) atoms. The largest absolute Gasteiger partial charge is 0.351 e. The number of carbonyl (C=O) groups excluding carboxylic acids is 2. The number of H-pyrrole nitrogens is 1. The summed E-state index contributed by atoms with van der Waals surface area (Å²) in [7, 11) is 0. The van der Waals surface area contributed by atoms with Gasteiger partial charge in [0.1, 0.15) is 11.2 Å². The van der Waals surface area contributed by atoms with Gasteiger partial charge in [-0.3, -0.25) is 14.4 Å². The minimum Gasteiger partial charge on any atom is -0.351 e. The van der Waals surface area contributed by atoms with Crippen LogP contribution in [0.3, 0.4) is 0 Å². The number of hydrogen-bond acceptors (Lipinski definition) is 4. The lowest BCUT2D eigenvalue weighted by molar-refractivity contribution is -0.131. The zero-order valence-corrected chi connectivity index (χ0v) is 14.1. The standard InChI is InChI=1S/C17H21N5O3/c1-10-6-14-19-16(24)13(9-22(14)20-10)15(23)18-7-11-4-5-21(8-11)17(25)12-2-3-12/h6,9,11-12H,2-5,7-8H2,1H3,(H,18,23)(H,19,24)/t11-/m1/s1. The van der Waals surface area contributed by atoms with Crippen molar-refractivity contribution in [3.63, 3.8) is 0 Å². The van der Waals surface area contributed by atoms with Crippen molar-refractivity contribution in [2.75, 3.05) is 19.6 Å². The van der Waals surface area contributed by atoms with Crippen molar-refractivity contribution in [3.8, 4) is 0 Å². The van der Waals surface area contributed by atoms with Crippen LogP contribution in [0.15, 0.2) is 17.1 Å². The van der Waals surface area contributed by atoms with E-state index >= 15 is 0 Å². The molecule has 1 atom stereocenters. The first kappa shape index (κ1) is 15.9. The number of aromatic amines is 1. The van der Waals surface area contributed by atoms with Crippen molar-refractivity contribution < 1.29 is 9.59 Å². The van der Waals surface area contributed by atoms with Gasteiger partial charge >= 0.3 is 0 Å². The first-order chi connectivity index (χ1) is 12.0. The molecular formula is C17H21N5O3. The number of aromatic nitrogens is 3. The number of likely N-dealkylation sites (tertiary alicyclic amines) is 1. The van der Waals surface area contributed by atoms with Crippen LogP contribution in [0.1, 0.15) is 35.3 Å². The smallest absolute Gasteiger partial charge is 0.263 e. The summed E-state index contributed by atoms with van der Waals surface area (Å²) in [5, 5.41) is 7.03. The Hall–Kier alpha value is -2.64. The van der Waals surface area contributed by atoms with Crippen LogP contribution in [-0.2, 0) is 4.79 Å². The van der Waals surface area contributed by atoms with Gasteiger partial charge in [-0.05, 0) is 32.1 Å². The number of fused-ring (bicyclic) bond motifs is 1. The maximum absolute atomic E-state index is 12.4. The maximum Gasteiger partial charge on any atom is 0.263 e. The third kappa shape index (κ3) is 3.16. The van der Waals surface area contributed by atoms with Gasteiger partial charge in [0.25, 0.3) is 11.5 Å². The van der Waals surface area contributed by atoms with E-state index in [1.54, 1.807) is 6.07 Å². The summed E-state index contributed by atoms with van der Waals surface area (Å²) in [6.45, 7) is 3.72. The fraction of sp³-hybridized carbons (Fsp3) is 0.529. The predicted molar refractivity (Wildman–Crippen MR) is 90.3 cm³/mol. The third-order valence-electron chi connectivity index (χ3n) is 4.92. The van der Waals surface area contributed by atoms with Gasteiger partial charge in [0, 0.05) is 37.8 Å². The van der Waals surface area contributed by atoms with E-state index in [1.807, 2.05) is 11.8 Å². The van der Waals surface area contributed by atoms with Crippen molar-refractivity contribution in [1.29, 1.82) is 0 Å². The van der Waals surface area contributed by atoms with Gasteiger partial charge in [-0.15, -0.1) is 0 Å². The van der Waals surface area contributed by atoms with Gasteiger partial charge in [-0.25, -0.2) is 4.52 Å². The van der Waals surface area contributed by atoms with Gasteiger partial charge in [0.2, 0.25) is 5.91 Å². The van der Waals surface area contributed by atoms with Crippen LogP contribution in [0.2, 0.25) is 0 Å². The summed E-state index contributed by atoms with van der Waals surface area (Å²) >= 11 is 0. The van der Waals surface area contributed by atoms with Crippen LogP contribution in [-0.4, -0.2) is 50.9 Å². The Bertz CT molecular complexity index is 895. The number of rotatable bonds is 4. The van der Waals surface area contributed by atoms with E-state index in [0.717, 1.165) is 31.5 Å². The summed E-state index contributed by atoms with van der Waals surface area (Å²) in [6.07, 6.45) is 4.35. The molecule has 1 aliphatic carbocycles. The summed E-state index contributed by atoms with van der Waals surface area (Å²) < 4.78 is 1.50. The monoisotopic (exact) mass is 343 g/mol. The molecule has 2 aliphatic rings.